The summed E-state index contributed by atoms with van der Waals surface area (Å²) < 4.78 is 0. The van der Waals surface area contributed by atoms with Gasteiger partial charge in [-0.25, -0.2) is 0 Å². The zero-order valence-electron chi connectivity index (χ0n) is 7.33. The zero-order chi connectivity index (χ0) is 8.60. The van der Waals surface area contributed by atoms with Gasteiger partial charge in [0.05, 0.1) is 6.10 Å². The van der Waals surface area contributed by atoms with Gasteiger partial charge in [-0.2, -0.15) is 0 Å². The molecule has 0 aromatic heterocycles. The number of hydrogen-bond acceptors (Lipinski definition) is 1. The van der Waals surface area contributed by atoms with E-state index in [-0.39, 0.29) is 11.5 Å². The van der Waals surface area contributed by atoms with E-state index in [2.05, 4.69) is 19.1 Å². The second-order valence-corrected chi connectivity index (χ2v) is 3.84. The summed E-state index contributed by atoms with van der Waals surface area (Å²) in [6, 6.07) is 10.3. The van der Waals surface area contributed by atoms with E-state index in [0.717, 1.165) is 12.8 Å². The molecule has 1 nitrogen and oxygen atoms in total. The van der Waals surface area contributed by atoms with Crippen LogP contribution in [0.15, 0.2) is 30.3 Å². The van der Waals surface area contributed by atoms with Crippen LogP contribution in [0.2, 0.25) is 0 Å². The van der Waals surface area contributed by atoms with E-state index in [1.807, 2.05) is 18.2 Å². The summed E-state index contributed by atoms with van der Waals surface area (Å²) in [5.74, 6) is 0. The molecule has 0 saturated heterocycles. The van der Waals surface area contributed by atoms with E-state index in [1.54, 1.807) is 0 Å². The van der Waals surface area contributed by atoms with Crippen molar-refractivity contribution in [2.75, 3.05) is 0 Å². The lowest BCUT2D eigenvalue weighted by atomic mass is 9.63. The van der Waals surface area contributed by atoms with Crippen molar-refractivity contribution in [3.8, 4) is 0 Å². The molecule has 0 amide bonds. The van der Waals surface area contributed by atoms with E-state index >= 15 is 0 Å². The molecule has 0 radical (unpaired) electrons. The van der Waals surface area contributed by atoms with E-state index in [0.29, 0.717) is 0 Å². The third kappa shape index (κ3) is 0.969. The molecule has 1 aliphatic carbocycles. The molecule has 1 aliphatic rings. The Balaban J connectivity index is 2.31. The highest BCUT2D eigenvalue weighted by molar-refractivity contribution is 5.28. The fourth-order valence-electron chi connectivity index (χ4n) is 1.86. The maximum Gasteiger partial charge on any atom is 0.0634 e. The highest BCUT2D eigenvalue weighted by Crippen LogP contribution is 2.43. The van der Waals surface area contributed by atoms with Gasteiger partial charge in [-0.3, -0.25) is 0 Å². The summed E-state index contributed by atoms with van der Waals surface area (Å²) >= 11 is 0. The van der Waals surface area contributed by atoms with Gasteiger partial charge in [0.1, 0.15) is 0 Å². The monoisotopic (exact) mass is 162 g/mol. The van der Waals surface area contributed by atoms with Gasteiger partial charge in [-0.05, 0) is 18.4 Å². The van der Waals surface area contributed by atoms with Crippen molar-refractivity contribution in [3.05, 3.63) is 35.9 Å². The van der Waals surface area contributed by atoms with Gasteiger partial charge in [0, 0.05) is 5.41 Å². The molecule has 64 valence electrons. The minimum absolute atomic E-state index is 0.0290. The van der Waals surface area contributed by atoms with E-state index in [9.17, 15) is 5.11 Å². The van der Waals surface area contributed by atoms with Crippen LogP contribution in [0, 0.1) is 0 Å². The average molecular weight is 162 g/mol. The van der Waals surface area contributed by atoms with Crippen LogP contribution in [0.1, 0.15) is 25.3 Å². The van der Waals surface area contributed by atoms with Crippen molar-refractivity contribution in [3.63, 3.8) is 0 Å². The zero-order valence-corrected chi connectivity index (χ0v) is 7.33. The average Bonchev–Trinajstić information content (AvgIpc) is 2.16. The fourth-order valence-corrected chi connectivity index (χ4v) is 1.86. The first kappa shape index (κ1) is 7.81. The number of aliphatic hydroxyl groups excluding tert-OH is 1. The number of rotatable bonds is 1. The third-order valence-corrected chi connectivity index (χ3v) is 3.11. The predicted molar refractivity (Wildman–Crippen MR) is 49.0 cm³/mol. The van der Waals surface area contributed by atoms with Gasteiger partial charge < -0.3 is 5.11 Å². The maximum absolute atomic E-state index is 9.62. The Kier molecular flexibility index (Phi) is 1.69. The molecule has 0 bridgehead atoms. The fraction of sp³-hybridized carbons (Fsp3) is 0.455. The van der Waals surface area contributed by atoms with Crippen molar-refractivity contribution in [2.45, 2.75) is 31.3 Å². The Morgan fingerprint density at radius 3 is 2.42 bits per heavy atom. The van der Waals surface area contributed by atoms with Crippen molar-refractivity contribution in [2.24, 2.45) is 0 Å². The van der Waals surface area contributed by atoms with Gasteiger partial charge in [0.25, 0.3) is 0 Å². The molecule has 1 fully saturated rings. The van der Waals surface area contributed by atoms with Crippen molar-refractivity contribution in [1.29, 1.82) is 0 Å². The Bertz CT molecular complexity index is 268. The second-order valence-electron chi connectivity index (χ2n) is 3.84. The molecule has 2 rings (SSSR count). The topological polar surface area (TPSA) is 20.2 Å². The van der Waals surface area contributed by atoms with Gasteiger partial charge >= 0.3 is 0 Å². The van der Waals surface area contributed by atoms with Gasteiger partial charge in [0.2, 0.25) is 0 Å². The third-order valence-electron chi connectivity index (χ3n) is 3.11. The Labute approximate surface area is 73.0 Å². The van der Waals surface area contributed by atoms with Crippen LogP contribution in [0.4, 0.5) is 0 Å². The molecule has 1 aromatic rings. The predicted octanol–water partition coefficient (Wildman–Crippen LogP) is 2.10. The quantitative estimate of drug-likeness (QED) is 0.670. The van der Waals surface area contributed by atoms with Gasteiger partial charge in [-0.1, -0.05) is 37.3 Å². The van der Waals surface area contributed by atoms with Crippen LogP contribution in [0.3, 0.4) is 0 Å². The minimum atomic E-state index is -0.139. The van der Waals surface area contributed by atoms with E-state index in [4.69, 9.17) is 0 Å². The van der Waals surface area contributed by atoms with Crippen LogP contribution in [-0.4, -0.2) is 11.2 Å². The van der Waals surface area contributed by atoms with E-state index < -0.39 is 0 Å². The number of benzene rings is 1. The van der Waals surface area contributed by atoms with Crippen molar-refractivity contribution in [1.82, 2.24) is 0 Å². The molecule has 1 N–H and O–H groups in total. The Morgan fingerprint density at radius 2 is 2.00 bits per heavy atom. The first-order valence-electron chi connectivity index (χ1n) is 4.47. The summed E-state index contributed by atoms with van der Waals surface area (Å²) in [4.78, 5) is 0. The molecule has 1 heteroatoms. The molecule has 0 spiro atoms. The lowest BCUT2D eigenvalue weighted by molar-refractivity contribution is 0.00421. The van der Waals surface area contributed by atoms with Crippen molar-refractivity contribution >= 4 is 0 Å². The molecule has 1 aromatic carbocycles. The highest BCUT2D eigenvalue weighted by atomic mass is 16.3. The minimum Gasteiger partial charge on any atom is -0.392 e. The summed E-state index contributed by atoms with van der Waals surface area (Å²) in [6.45, 7) is 2.14. The van der Waals surface area contributed by atoms with Crippen LogP contribution in [0.25, 0.3) is 0 Å². The molecule has 0 heterocycles. The lowest BCUT2D eigenvalue weighted by Gasteiger charge is -2.44. The first-order valence-corrected chi connectivity index (χ1v) is 4.47. The second kappa shape index (κ2) is 2.60. The summed E-state index contributed by atoms with van der Waals surface area (Å²) in [5.41, 5.74) is 1.30. The lowest BCUT2D eigenvalue weighted by Crippen LogP contribution is -2.46. The molecule has 12 heavy (non-hydrogen) atoms. The van der Waals surface area contributed by atoms with Crippen LogP contribution >= 0.6 is 0 Å². The Morgan fingerprint density at radius 1 is 1.33 bits per heavy atom. The molecule has 2 unspecified atom stereocenters. The smallest absolute Gasteiger partial charge is 0.0634 e. The van der Waals surface area contributed by atoms with Gasteiger partial charge in [0.15, 0.2) is 0 Å². The highest BCUT2D eigenvalue weighted by Gasteiger charge is 2.42. The SMILES string of the molecule is CC1(c2ccccc2)CCC1O. The Hall–Kier alpha value is -0.820. The van der Waals surface area contributed by atoms with Crippen LogP contribution < -0.4 is 0 Å². The normalized spacial score (nSPS) is 34.3. The summed E-state index contributed by atoms with van der Waals surface area (Å²) in [7, 11) is 0. The molecule has 0 aliphatic heterocycles. The maximum atomic E-state index is 9.62. The van der Waals surface area contributed by atoms with Crippen LogP contribution in [-0.2, 0) is 5.41 Å². The molecular weight excluding hydrogens is 148 g/mol. The van der Waals surface area contributed by atoms with Gasteiger partial charge in [-0.15, -0.1) is 0 Å². The molecule has 1 saturated carbocycles. The number of aliphatic hydroxyl groups is 1. The largest absolute Gasteiger partial charge is 0.392 e. The van der Waals surface area contributed by atoms with Crippen molar-refractivity contribution < 1.29 is 5.11 Å². The standard InChI is InChI=1S/C11H14O/c1-11(8-7-10(11)12)9-5-3-2-4-6-9/h2-6,10,12H,7-8H2,1H3. The summed E-state index contributed by atoms with van der Waals surface area (Å²) in [6.07, 6.45) is 1.92. The first-order chi connectivity index (χ1) is 5.73. The van der Waals surface area contributed by atoms with Crippen LogP contribution in [0.5, 0.6) is 0 Å². The molecular formula is C11H14O. The number of hydrogen-bond donors (Lipinski definition) is 1. The van der Waals surface area contributed by atoms with E-state index in [1.165, 1.54) is 5.56 Å². The molecule has 2 atom stereocenters. The summed E-state index contributed by atoms with van der Waals surface area (Å²) in [5, 5.41) is 9.62.